The van der Waals surface area contributed by atoms with Crippen LogP contribution in [0.2, 0.25) is 0 Å². The van der Waals surface area contributed by atoms with Gasteiger partial charge in [-0.05, 0) is 72.8 Å². The van der Waals surface area contributed by atoms with E-state index in [0.29, 0.717) is 33.7 Å². The van der Waals surface area contributed by atoms with Crippen LogP contribution in [0.25, 0.3) is 6.08 Å². The number of nitriles is 1. The van der Waals surface area contributed by atoms with E-state index < -0.39 is 0 Å². The maximum atomic E-state index is 13.0. The van der Waals surface area contributed by atoms with E-state index in [1.54, 1.807) is 31.3 Å². The average Bonchev–Trinajstić information content (AvgIpc) is 3.21. The summed E-state index contributed by atoms with van der Waals surface area (Å²) in [4.78, 5) is 19.9. The highest BCUT2D eigenvalue weighted by Crippen LogP contribution is 2.36. The Morgan fingerprint density at radius 2 is 1.81 bits per heavy atom. The molecule has 0 aliphatic carbocycles. The molecule has 8 heteroatoms. The monoisotopic (exact) mass is 499 g/mol. The average molecular weight is 500 g/mol. The molecule has 4 rings (SSSR count). The van der Waals surface area contributed by atoms with Crippen LogP contribution < -0.4 is 14.2 Å². The molecule has 7 nitrogen and oxygen atoms in total. The molecule has 1 fully saturated rings. The van der Waals surface area contributed by atoms with Crippen LogP contribution in [0, 0.1) is 11.3 Å². The van der Waals surface area contributed by atoms with Crippen LogP contribution in [-0.2, 0) is 11.4 Å². The van der Waals surface area contributed by atoms with E-state index in [9.17, 15) is 10.1 Å². The Labute approximate surface area is 214 Å². The predicted molar refractivity (Wildman–Crippen MR) is 142 cm³/mol. The number of likely N-dealkylation sites (N-methyl/N-ethyl adjacent to an activating group) is 1. The van der Waals surface area contributed by atoms with Gasteiger partial charge in [-0.1, -0.05) is 24.3 Å². The Balaban J connectivity index is 1.54. The summed E-state index contributed by atoms with van der Waals surface area (Å²) in [5.74, 6) is 1.74. The number of hydrogen-bond acceptors (Lipinski definition) is 7. The molecule has 0 atom stereocenters. The maximum absolute atomic E-state index is 13.0. The molecular weight excluding hydrogens is 474 g/mol. The lowest BCUT2D eigenvalue weighted by molar-refractivity contribution is -0.122. The predicted octanol–water partition coefficient (Wildman–Crippen LogP) is 5.78. The molecule has 0 saturated carbocycles. The van der Waals surface area contributed by atoms with Gasteiger partial charge in [0.05, 0.1) is 36.4 Å². The summed E-state index contributed by atoms with van der Waals surface area (Å²) < 4.78 is 16.7. The van der Waals surface area contributed by atoms with Crippen molar-refractivity contribution in [3.63, 3.8) is 0 Å². The fourth-order valence-corrected chi connectivity index (χ4v) is 4.66. The lowest BCUT2D eigenvalue weighted by Crippen LogP contribution is -2.28. The Morgan fingerprint density at radius 3 is 2.50 bits per heavy atom. The molecular formula is C28H25N3O4S. The molecule has 3 aromatic rings. The molecule has 3 aromatic carbocycles. The van der Waals surface area contributed by atoms with Crippen LogP contribution in [0.5, 0.6) is 17.2 Å². The van der Waals surface area contributed by atoms with Gasteiger partial charge in [0.15, 0.2) is 16.7 Å². The summed E-state index contributed by atoms with van der Waals surface area (Å²) in [7, 11) is 3.18. The normalized spacial score (nSPS) is 15.3. The number of benzene rings is 3. The van der Waals surface area contributed by atoms with Gasteiger partial charge in [-0.25, -0.2) is 4.99 Å². The van der Waals surface area contributed by atoms with Gasteiger partial charge >= 0.3 is 0 Å². The summed E-state index contributed by atoms with van der Waals surface area (Å²) in [6, 6.07) is 22.3. The number of methoxy groups -OCH3 is 2. The van der Waals surface area contributed by atoms with E-state index in [1.165, 1.54) is 11.8 Å². The van der Waals surface area contributed by atoms with Gasteiger partial charge in [-0.3, -0.25) is 9.69 Å². The lowest BCUT2D eigenvalue weighted by atomic mass is 10.1. The summed E-state index contributed by atoms with van der Waals surface area (Å²) >= 11 is 1.33. The summed E-state index contributed by atoms with van der Waals surface area (Å²) in [6.07, 6.45) is 1.82. The molecule has 1 saturated heterocycles. The topological polar surface area (TPSA) is 84.2 Å². The maximum Gasteiger partial charge on any atom is 0.266 e. The van der Waals surface area contributed by atoms with Crippen LogP contribution in [-0.4, -0.2) is 36.7 Å². The molecule has 0 radical (unpaired) electrons. The minimum Gasteiger partial charge on any atom is -0.497 e. The molecule has 0 N–H and O–H groups in total. The molecule has 1 aliphatic heterocycles. The van der Waals surface area contributed by atoms with Crippen molar-refractivity contribution in [2.45, 2.75) is 13.5 Å². The highest BCUT2D eigenvalue weighted by Gasteiger charge is 2.32. The van der Waals surface area contributed by atoms with Gasteiger partial charge in [0.1, 0.15) is 12.4 Å². The summed E-state index contributed by atoms with van der Waals surface area (Å²) in [6.45, 7) is 2.68. The number of rotatable bonds is 8. The van der Waals surface area contributed by atoms with Crippen molar-refractivity contribution >= 4 is 34.6 Å². The molecule has 182 valence electrons. The molecule has 1 heterocycles. The van der Waals surface area contributed by atoms with Crippen LogP contribution in [0.15, 0.2) is 76.6 Å². The fraction of sp³-hybridized carbons (Fsp3) is 0.179. The summed E-state index contributed by atoms with van der Waals surface area (Å²) in [5.41, 5.74) is 2.91. The van der Waals surface area contributed by atoms with Gasteiger partial charge in [0.25, 0.3) is 5.91 Å². The molecule has 0 aromatic heterocycles. The van der Waals surface area contributed by atoms with Crippen LogP contribution in [0.1, 0.15) is 23.6 Å². The standard InChI is InChI=1S/C28H25N3O4S/c1-4-31-27(32)26(36-28(31)30-22-10-12-23(33-2)13-11-22)16-19-9-14-24(25(15-19)34-3)35-18-21-8-6-5-7-20(21)17-29/h5-16H,4,18H2,1-3H3. The van der Waals surface area contributed by atoms with E-state index in [1.807, 2.05) is 67.6 Å². The number of aliphatic imine (C=N–C) groups is 1. The first-order valence-corrected chi connectivity index (χ1v) is 12.1. The number of thioether (sulfide) groups is 1. The first-order valence-electron chi connectivity index (χ1n) is 11.3. The zero-order chi connectivity index (χ0) is 25.5. The molecule has 0 bridgehead atoms. The number of hydrogen-bond donors (Lipinski definition) is 0. The van der Waals surface area contributed by atoms with Crippen molar-refractivity contribution in [3.8, 4) is 23.3 Å². The van der Waals surface area contributed by atoms with Crippen molar-refractivity contribution in [1.29, 1.82) is 5.26 Å². The zero-order valence-electron chi connectivity index (χ0n) is 20.2. The highest BCUT2D eigenvalue weighted by molar-refractivity contribution is 8.18. The Hall–Kier alpha value is -4.22. The van der Waals surface area contributed by atoms with E-state index in [4.69, 9.17) is 14.2 Å². The molecule has 1 aliphatic rings. The fourth-order valence-electron chi connectivity index (χ4n) is 3.59. The number of carbonyl (C=O) groups excluding carboxylic acids is 1. The minimum absolute atomic E-state index is 0.0952. The SMILES string of the molecule is CCN1C(=O)C(=Cc2ccc(OCc3ccccc3C#N)c(OC)c2)SC1=Nc1ccc(OC)cc1. The number of nitrogens with zero attached hydrogens (tertiary/aromatic N) is 3. The third kappa shape index (κ3) is 5.53. The van der Waals surface area contributed by atoms with Crippen LogP contribution >= 0.6 is 11.8 Å². The second-order valence-electron chi connectivity index (χ2n) is 7.72. The zero-order valence-corrected chi connectivity index (χ0v) is 21.0. The third-order valence-electron chi connectivity index (χ3n) is 5.51. The second kappa shape index (κ2) is 11.5. The minimum atomic E-state index is -0.0952. The smallest absolute Gasteiger partial charge is 0.266 e. The van der Waals surface area contributed by atoms with E-state index in [-0.39, 0.29) is 12.5 Å². The van der Waals surface area contributed by atoms with E-state index in [2.05, 4.69) is 11.1 Å². The lowest BCUT2D eigenvalue weighted by Gasteiger charge is -2.12. The first kappa shape index (κ1) is 24.9. The molecule has 0 spiro atoms. The number of carbonyl (C=O) groups is 1. The van der Waals surface area contributed by atoms with Gasteiger partial charge in [0.2, 0.25) is 0 Å². The van der Waals surface area contributed by atoms with Gasteiger partial charge < -0.3 is 14.2 Å². The van der Waals surface area contributed by atoms with Crippen molar-refractivity contribution < 1.29 is 19.0 Å². The van der Waals surface area contributed by atoms with E-state index >= 15 is 0 Å². The second-order valence-corrected chi connectivity index (χ2v) is 8.73. The van der Waals surface area contributed by atoms with E-state index in [0.717, 1.165) is 22.6 Å². The molecule has 1 amide bonds. The van der Waals surface area contributed by atoms with Gasteiger partial charge in [-0.2, -0.15) is 5.26 Å². The van der Waals surface area contributed by atoms with Crippen molar-refractivity contribution in [2.75, 3.05) is 20.8 Å². The Morgan fingerprint density at radius 1 is 1.03 bits per heavy atom. The molecule has 0 unspecified atom stereocenters. The Kier molecular flexibility index (Phi) is 7.93. The third-order valence-corrected chi connectivity index (χ3v) is 6.51. The quantitative estimate of drug-likeness (QED) is 0.366. The molecule has 36 heavy (non-hydrogen) atoms. The number of ether oxygens (including phenoxy) is 3. The highest BCUT2D eigenvalue weighted by atomic mass is 32.2. The summed E-state index contributed by atoms with van der Waals surface area (Å²) in [5, 5.41) is 9.91. The van der Waals surface area contributed by atoms with Crippen LogP contribution in [0.4, 0.5) is 5.69 Å². The van der Waals surface area contributed by atoms with Crippen molar-refractivity contribution in [1.82, 2.24) is 4.90 Å². The first-order chi connectivity index (χ1) is 17.6. The largest absolute Gasteiger partial charge is 0.497 e. The number of amidine groups is 1. The van der Waals surface area contributed by atoms with Gasteiger partial charge in [-0.15, -0.1) is 0 Å². The number of amides is 1. The van der Waals surface area contributed by atoms with Gasteiger partial charge in [0, 0.05) is 12.1 Å². The van der Waals surface area contributed by atoms with Crippen molar-refractivity contribution in [3.05, 3.63) is 88.3 Å². The Bertz CT molecular complexity index is 1360. The van der Waals surface area contributed by atoms with Crippen molar-refractivity contribution in [2.24, 2.45) is 4.99 Å². The van der Waals surface area contributed by atoms with Crippen LogP contribution in [0.3, 0.4) is 0 Å².